The second-order valence-corrected chi connectivity index (χ2v) is 12.4. The minimum atomic E-state index is -3.58. The van der Waals surface area contributed by atoms with Gasteiger partial charge in [0.05, 0.1) is 12.9 Å². The van der Waals surface area contributed by atoms with Gasteiger partial charge < -0.3 is 19.1 Å². The number of phenolic OH excluding ortho intramolecular Hbond substituents is 1. The summed E-state index contributed by atoms with van der Waals surface area (Å²) in [5.74, 6) is 0.0159. The highest BCUT2D eigenvalue weighted by Gasteiger charge is 2.39. The van der Waals surface area contributed by atoms with Gasteiger partial charge in [-0.1, -0.05) is 36.4 Å². The van der Waals surface area contributed by atoms with Crippen molar-refractivity contribution >= 4 is 26.9 Å². The Hall–Kier alpha value is -3.37. The summed E-state index contributed by atoms with van der Waals surface area (Å²) in [6.07, 6.45) is 2.16. The second kappa shape index (κ2) is 12.2. The third-order valence-electron chi connectivity index (χ3n) is 5.76. The van der Waals surface area contributed by atoms with Crippen LogP contribution >= 0.6 is 0 Å². The molecule has 198 valence electrons. The fourth-order valence-electron chi connectivity index (χ4n) is 3.62. The Kier molecular flexibility index (Phi) is 9.34. The van der Waals surface area contributed by atoms with Crippen LogP contribution in [0.3, 0.4) is 0 Å². The highest BCUT2D eigenvalue weighted by atomic mass is 32.2. The molecule has 0 saturated heterocycles. The van der Waals surface area contributed by atoms with E-state index in [4.69, 9.17) is 8.92 Å². The zero-order chi connectivity index (χ0) is 27.1. The van der Waals surface area contributed by atoms with Gasteiger partial charge in [0.15, 0.2) is 0 Å². The number of aliphatic carboxylic acids is 1. The monoisotopic (exact) mass is 546 g/mol. The molecule has 2 atom stereocenters. The Morgan fingerprint density at radius 2 is 1.38 bits per heavy atom. The molecule has 0 spiro atoms. The van der Waals surface area contributed by atoms with Gasteiger partial charge in [0.1, 0.15) is 22.0 Å². The number of carbonyl (C=O) groups is 1. The van der Waals surface area contributed by atoms with Crippen LogP contribution in [0, 0.1) is 0 Å². The largest absolute Gasteiger partial charge is 0.508 e. The number of phenols is 1. The fourth-order valence-corrected chi connectivity index (χ4v) is 5.47. The number of rotatable bonds is 13. The first-order chi connectivity index (χ1) is 17.4. The Morgan fingerprint density at radius 1 is 0.865 bits per heavy atom. The molecule has 0 bridgehead atoms. The van der Waals surface area contributed by atoms with Crippen LogP contribution in [0.5, 0.6) is 17.2 Å². The summed E-state index contributed by atoms with van der Waals surface area (Å²) in [6, 6.07) is 20.3. The van der Waals surface area contributed by atoms with Gasteiger partial charge in [-0.05, 0) is 72.9 Å². The average Bonchev–Trinajstić information content (AvgIpc) is 2.84. The maximum atomic E-state index is 13.0. The molecule has 8 nitrogen and oxygen atoms in total. The molecule has 0 amide bonds. The normalized spacial score (nSPS) is 13.9. The zero-order valence-electron chi connectivity index (χ0n) is 20.6. The number of carboxylic acids is 1. The lowest BCUT2D eigenvalue weighted by Crippen LogP contribution is -2.43. The summed E-state index contributed by atoms with van der Waals surface area (Å²) in [4.78, 5) is 12.1. The average molecular weight is 547 g/mol. The van der Waals surface area contributed by atoms with Crippen molar-refractivity contribution in [2.45, 2.75) is 30.9 Å². The van der Waals surface area contributed by atoms with Crippen molar-refractivity contribution in [1.29, 1.82) is 0 Å². The molecule has 0 aromatic heterocycles. The number of hydrogen-bond acceptors (Lipinski definition) is 7. The van der Waals surface area contributed by atoms with Crippen LogP contribution in [0.25, 0.3) is 0 Å². The Morgan fingerprint density at radius 3 is 1.95 bits per heavy atom. The second-order valence-electron chi connectivity index (χ2n) is 8.85. The summed E-state index contributed by atoms with van der Waals surface area (Å²) in [5.41, 5.74) is 2.64. The Bertz CT molecular complexity index is 1320. The highest BCUT2D eigenvalue weighted by Crippen LogP contribution is 2.23. The number of hydrogen-bond donors (Lipinski definition) is 2. The Labute approximate surface area is 219 Å². The predicted octanol–water partition coefficient (Wildman–Crippen LogP) is 3.73. The van der Waals surface area contributed by atoms with Crippen molar-refractivity contribution < 1.29 is 36.6 Å². The highest BCUT2D eigenvalue weighted by molar-refractivity contribution is 7.87. The van der Waals surface area contributed by atoms with E-state index in [1.807, 2.05) is 24.3 Å². The van der Waals surface area contributed by atoms with E-state index in [0.717, 1.165) is 22.9 Å². The molecule has 37 heavy (non-hydrogen) atoms. The zero-order valence-corrected chi connectivity index (χ0v) is 22.3. The van der Waals surface area contributed by atoms with Crippen LogP contribution in [0.2, 0.25) is 0 Å². The lowest BCUT2D eigenvalue weighted by atomic mass is 9.99. The van der Waals surface area contributed by atoms with E-state index in [9.17, 15) is 27.6 Å². The molecule has 0 saturated carbocycles. The number of aryl methyl sites for hydroxylation is 1. The van der Waals surface area contributed by atoms with Crippen LogP contribution in [0.4, 0.5) is 0 Å². The van der Waals surface area contributed by atoms with E-state index in [1.54, 1.807) is 36.4 Å². The summed E-state index contributed by atoms with van der Waals surface area (Å²) >= 11 is 0. The van der Waals surface area contributed by atoms with Crippen molar-refractivity contribution in [3.63, 3.8) is 0 Å². The van der Waals surface area contributed by atoms with E-state index < -0.39 is 31.6 Å². The third kappa shape index (κ3) is 8.61. The maximum Gasteiger partial charge on any atom is 0.322 e. The summed E-state index contributed by atoms with van der Waals surface area (Å²) < 4.78 is 44.4. The molecular weight excluding hydrogens is 516 g/mol. The smallest absolute Gasteiger partial charge is 0.322 e. The van der Waals surface area contributed by atoms with E-state index in [1.165, 1.54) is 19.1 Å². The summed E-state index contributed by atoms with van der Waals surface area (Å²) in [7, 11) is -5.20. The van der Waals surface area contributed by atoms with Crippen LogP contribution in [-0.2, 0) is 45.0 Å². The van der Waals surface area contributed by atoms with Crippen molar-refractivity contribution in [2.24, 2.45) is 0 Å². The van der Waals surface area contributed by atoms with E-state index >= 15 is 0 Å². The number of carboxylic acid groups (broad SMARTS) is 1. The van der Waals surface area contributed by atoms with E-state index in [-0.39, 0.29) is 23.7 Å². The first-order valence-corrected chi connectivity index (χ1v) is 14.7. The fraction of sp³-hybridized carbons (Fsp3) is 0.296. The minimum absolute atomic E-state index is 0.128. The molecule has 2 N–H and O–H groups in total. The maximum absolute atomic E-state index is 13.0. The van der Waals surface area contributed by atoms with Crippen LogP contribution in [-0.4, -0.2) is 52.2 Å². The molecule has 0 fully saturated rings. The molecule has 0 radical (unpaired) electrons. The van der Waals surface area contributed by atoms with E-state index in [0.29, 0.717) is 25.2 Å². The van der Waals surface area contributed by atoms with Crippen molar-refractivity contribution in [3.8, 4) is 17.2 Å². The molecule has 0 aliphatic carbocycles. The molecule has 10 heteroatoms. The van der Waals surface area contributed by atoms with Crippen molar-refractivity contribution in [1.82, 2.24) is 0 Å². The van der Waals surface area contributed by atoms with Gasteiger partial charge in [-0.2, -0.15) is 8.42 Å². The first kappa shape index (κ1) is 28.2. The van der Waals surface area contributed by atoms with Gasteiger partial charge in [0.25, 0.3) is 0 Å². The predicted molar refractivity (Wildman–Crippen MR) is 142 cm³/mol. The SMILES string of the molecule is C[C@@](Cc1ccc(CCOc2ccc(OS(C)(=O)=O)cc2)cc1)(C(=O)O)S(=O)CCc1ccc(O)cc1. The van der Waals surface area contributed by atoms with E-state index in [2.05, 4.69) is 0 Å². The van der Waals surface area contributed by atoms with Gasteiger partial charge >= 0.3 is 16.1 Å². The third-order valence-corrected chi connectivity index (χ3v) is 8.16. The lowest BCUT2D eigenvalue weighted by Gasteiger charge is -2.24. The summed E-state index contributed by atoms with van der Waals surface area (Å²) in [5, 5.41) is 19.3. The minimum Gasteiger partial charge on any atom is -0.508 e. The number of aromatic hydroxyl groups is 1. The van der Waals surface area contributed by atoms with Crippen LogP contribution in [0.1, 0.15) is 23.6 Å². The molecule has 0 aliphatic heterocycles. The topological polar surface area (TPSA) is 127 Å². The molecular formula is C27H30O8S2. The molecule has 1 unspecified atom stereocenters. The van der Waals surface area contributed by atoms with Crippen LogP contribution < -0.4 is 8.92 Å². The van der Waals surface area contributed by atoms with Crippen LogP contribution in [0.15, 0.2) is 72.8 Å². The molecule has 3 rings (SSSR count). The van der Waals surface area contributed by atoms with Crippen molar-refractivity contribution in [3.05, 3.63) is 89.5 Å². The lowest BCUT2D eigenvalue weighted by molar-refractivity contribution is -0.139. The molecule has 0 heterocycles. The van der Waals surface area contributed by atoms with Gasteiger partial charge in [-0.25, -0.2) is 0 Å². The number of benzene rings is 3. The van der Waals surface area contributed by atoms with Gasteiger partial charge in [0.2, 0.25) is 0 Å². The Balaban J connectivity index is 1.53. The van der Waals surface area contributed by atoms with Gasteiger partial charge in [-0.15, -0.1) is 0 Å². The van der Waals surface area contributed by atoms with Gasteiger partial charge in [0, 0.05) is 23.0 Å². The van der Waals surface area contributed by atoms with Crippen molar-refractivity contribution in [2.75, 3.05) is 18.6 Å². The molecule has 0 aliphatic rings. The molecule has 3 aromatic rings. The standard InChI is InChI=1S/C27H30O8S2/c1-27(26(29)30,36(31)18-16-21-7-9-23(28)10-8-21)19-22-5-3-20(4-6-22)15-17-34-24-11-13-25(14-12-24)35-37(2,32)33/h3-14,28H,15-19H2,1-2H3,(H,29,30)/t27-,36?/m1/s1. The quantitative estimate of drug-likeness (QED) is 0.311. The first-order valence-electron chi connectivity index (χ1n) is 11.5. The summed E-state index contributed by atoms with van der Waals surface area (Å²) in [6.45, 7) is 1.90. The number of ether oxygens (including phenoxy) is 1. The molecule has 3 aromatic carbocycles. The van der Waals surface area contributed by atoms with Gasteiger partial charge in [-0.3, -0.25) is 9.00 Å².